The summed E-state index contributed by atoms with van der Waals surface area (Å²) >= 11 is 0. The van der Waals surface area contributed by atoms with Crippen LogP contribution in [0.15, 0.2) is 11.6 Å². The second kappa shape index (κ2) is 2.78. The molecule has 0 aromatic rings. The zero-order valence-electron chi connectivity index (χ0n) is 6.55. The van der Waals surface area contributed by atoms with Crippen molar-refractivity contribution in [3.63, 3.8) is 0 Å². The molecule has 2 nitrogen and oxygen atoms in total. The van der Waals surface area contributed by atoms with Crippen LogP contribution in [-0.4, -0.2) is 18.4 Å². The average molecular weight is 151 g/mol. The highest BCUT2D eigenvalue weighted by molar-refractivity contribution is 5.75. The minimum atomic E-state index is 0.375. The van der Waals surface area contributed by atoms with E-state index in [1.54, 1.807) is 0 Å². The molecule has 0 aromatic carbocycles. The lowest BCUT2D eigenvalue weighted by Gasteiger charge is -2.08. The minimum Gasteiger partial charge on any atom is -0.307 e. The molecule has 2 heteroatoms. The van der Waals surface area contributed by atoms with E-state index in [0.29, 0.717) is 12.1 Å². The highest BCUT2D eigenvalue weighted by Crippen LogP contribution is 2.24. The van der Waals surface area contributed by atoms with Gasteiger partial charge in [-0.2, -0.15) is 0 Å². The van der Waals surface area contributed by atoms with Crippen molar-refractivity contribution in [1.82, 2.24) is 5.32 Å². The molecule has 1 fully saturated rings. The number of hydrogen-bond donors (Lipinski definition) is 1. The standard InChI is InChI=1S/C9H13NO/c11-6-7-2-1-3-8-4-5-9(7)10-8/h2,6,8-10H,1,3-5H2/t8-,9-/m0/s1. The molecule has 2 aliphatic rings. The highest BCUT2D eigenvalue weighted by Gasteiger charge is 2.27. The maximum atomic E-state index is 10.6. The van der Waals surface area contributed by atoms with Crippen molar-refractivity contribution < 1.29 is 4.79 Å². The van der Waals surface area contributed by atoms with Crippen LogP contribution in [0.4, 0.5) is 0 Å². The Morgan fingerprint density at radius 3 is 3.18 bits per heavy atom. The Morgan fingerprint density at radius 2 is 2.36 bits per heavy atom. The maximum absolute atomic E-state index is 10.6. The number of nitrogens with one attached hydrogen (secondary N) is 1. The Labute approximate surface area is 66.7 Å². The molecule has 2 aliphatic heterocycles. The summed E-state index contributed by atoms with van der Waals surface area (Å²) in [7, 11) is 0. The van der Waals surface area contributed by atoms with E-state index in [-0.39, 0.29) is 0 Å². The van der Waals surface area contributed by atoms with Crippen LogP contribution in [-0.2, 0) is 4.79 Å². The van der Waals surface area contributed by atoms with Crippen LogP contribution < -0.4 is 5.32 Å². The van der Waals surface area contributed by atoms with Crippen molar-refractivity contribution in [3.8, 4) is 0 Å². The van der Waals surface area contributed by atoms with E-state index >= 15 is 0 Å². The van der Waals surface area contributed by atoms with Gasteiger partial charge in [-0.3, -0.25) is 4.79 Å². The van der Waals surface area contributed by atoms with Crippen molar-refractivity contribution in [2.45, 2.75) is 37.8 Å². The van der Waals surface area contributed by atoms with Gasteiger partial charge in [-0.15, -0.1) is 0 Å². The number of carbonyl (C=O) groups excluding carboxylic acids is 1. The molecule has 2 bridgehead atoms. The van der Waals surface area contributed by atoms with Crippen LogP contribution in [0.2, 0.25) is 0 Å². The van der Waals surface area contributed by atoms with Gasteiger partial charge in [0.1, 0.15) is 6.29 Å². The molecule has 0 saturated carbocycles. The van der Waals surface area contributed by atoms with E-state index in [1.165, 1.54) is 12.8 Å². The van der Waals surface area contributed by atoms with E-state index < -0.39 is 0 Å². The summed E-state index contributed by atoms with van der Waals surface area (Å²) in [6.45, 7) is 0. The molecule has 1 saturated heterocycles. The molecule has 2 rings (SSSR count). The zero-order valence-corrected chi connectivity index (χ0v) is 6.55. The smallest absolute Gasteiger partial charge is 0.147 e. The third-order valence-electron chi connectivity index (χ3n) is 2.67. The Bertz CT molecular complexity index is 198. The predicted octanol–water partition coefficient (Wildman–Crippen LogP) is 1.03. The average Bonchev–Trinajstić information content (AvgIpc) is 2.33. The molecule has 2 atom stereocenters. The highest BCUT2D eigenvalue weighted by atomic mass is 16.1. The Hall–Kier alpha value is -0.630. The van der Waals surface area contributed by atoms with Gasteiger partial charge in [0.25, 0.3) is 0 Å². The van der Waals surface area contributed by atoms with Crippen molar-refractivity contribution in [3.05, 3.63) is 11.6 Å². The van der Waals surface area contributed by atoms with Gasteiger partial charge in [-0.1, -0.05) is 6.08 Å². The van der Waals surface area contributed by atoms with Crippen LogP contribution in [0.25, 0.3) is 0 Å². The molecule has 0 spiro atoms. The third-order valence-corrected chi connectivity index (χ3v) is 2.67. The summed E-state index contributed by atoms with van der Waals surface area (Å²) in [5.74, 6) is 0. The van der Waals surface area contributed by atoms with E-state index in [1.807, 2.05) is 0 Å². The van der Waals surface area contributed by atoms with Gasteiger partial charge < -0.3 is 5.32 Å². The van der Waals surface area contributed by atoms with Gasteiger partial charge in [0, 0.05) is 17.7 Å². The lowest BCUT2D eigenvalue weighted by molar-refractivity contribution is -0.105. The van der Waals surface area contributed by atoms with E-state index in [0.717, 1.165) is 24.7 Å². The maximum Gasteiger partial charge on any atom is 0.147 e. The van der Waals surface area contributed by atoms with Gasteiger partial charge in [0.15, 0.2) is 0 Å². The molecule has 2 heterocycles. The fraction of sp³-hybridized carbons (Fsp3) is 0.667. The minimum absolute atomic E-state index is 0.375. The zero-order chi connectivity index (χ0) is 7.68. The molecule has 60 valence electrons. The quantitative estimate of drug-likeness (QED) is 0.567. The first kappa shape index (κ1) is 7.04. The number of allylic oxidation sites excluding steroid dienone is 1. The van der Waals surface area contributed by atoms with Crippen molar-refractivity contribution >= 4 is 6.29 Å². The van der Waals surface area contributed by atoms with Gasteiger partial charge in [0.05, 0.1) is 0 Å². The molecule has 0 aliphatic carbocycles. The second-order valence-electron chi connectivity index (χ2n) is 3.39. The van der Waals surface area contributed by atoms with Crippen molar-refractivity contribution in [2.75, 3.05) is 0 Å². The summed E-state index contributed by atoms with van der Waals surface area (Å²) in [6, 6.07) is 1.05. The summed E-state index contributed by atoms with van der Waals surface area (Å²) in [6.07, 6.45) is 7.76. The van der Waals surface area contributed by atoms with Gasteiger partial charge in [-0.25, -0.2) is 0 Å². The lowest BCUT2D eigenvalue weighted by Crippen LogP contribution is -2.29. The number of hydrogen-bond acceptors (Lipinski definition) is 2. The first-order chi connectivity index (χ1) is 5.40. The summed E-state index contributed by atoms with van der Waals surface area (Å²) in [4.78, 5) is 10.6. The molecule has 0 aromatic heterocycles. The largest absolute Gasteiger partial charge is 0.307 e. The van der Waals surface area contributed by atoms with Crippen LogP contribution in [0.3, 0.4) is 0 Å². The van der Waals surface area contributed by atoms with E-state index in [9.17, 15) is 4.79 Å². The molecule has 0 radical (unpaired) electrons. The predicted molar refractivity (Wildman–Crippen MR) is 43.3 cm³/mol. The van der Waals surface area contributed by atoms with Crippen LogP contribution in [0.5, 0.6) is 0 Å². The van der Waals surface area contributed by atoms with Gasteiger partial charge >= 0.3 is 0 Å². The molecule has 11 heavy (non-hydrogen) atoms. The Kier molecular flexibility index (Phi) is 1.78. The third kappa shape index (κ3) is 1.23. The molecule has 1 N–H and O–H groups in total. The number of aldehydes is 1. The monoisotopic (exact) mass is 151 g/mol. The van der Waals surface area contributed by atoms with Crippen molar-refractivity contribution in [2.24, 2.45) is 0 Å². The van der Waals surface area contributed by atoms with E-state index in [2.05, 4.69) is 11.4 Å². The fourth-order valence-corrected chi connectivity index (χ4v) is 2.03. The molecular formula is C9H13NO. The SMILES string of the molecule is O=CC1=CCC[C@H]2CC[C@@H]1N2. The van der Waals surface area contributed by atoms with Crippen LogP contribution >= 0.6 is 0 Å². The normalized spacial score (nSPS) is 36.2. The van der Waals surface area contributed by atoms with Crippen molar-refractivity contribution in [1.29, 1.82) is 0 Å². The topological polar surface area (TPSA) is 29.1 Å². The molecular weight excluding hydrogens is 138 g/mol. The first-order valence-corrected chi connectivity index (χ1v) is 4.31. The lowest BCUT2D eigenvalue weighted by atomic mass is 10.0. The first-order valence-electron chi connectivity index (χ1n) is 4.31. The Morgan fingerprint density at radius 1 is 1.45 bits per heavy atom. The Balaban J connectivity index is 2.18. The van der Waals surface area contributed by atoms with Gasteiger partial charge in [0.2, 0.25) is 0 Å². The number of rotatable bonds is 1. The summed E-state index contributed by atoms with van der Waals surface area (Å²) in [5.41, 5.74) is 0.977. The summed E-state index contributed by atoms with van der Waals surface area (Å²) in [5, 5.41) is 3.45. The summed E-state index contributed by atoms with van der Waals surface area (Å²) < 4.78 is 0. The van der Waals surface area contributed by atoms with Crippen LogP contribution in [0.1, 0.15) is 25.7 Å². The fourth-order valence-electron chi connectivity index (χ4n) is 2.03. The number of fused-ring (bicyclic) bond motifs is 2. The molecule has 0 unspecified atom stereocenters. The van der Waals surface area contributed by atoms with E-state index in [4.69, 9.17) is 0 Å². The second-order valence-corrected chi connectivity index (χ2v) is 3.39. The van der Waals surface area contributed by atoms with Gasteiger partial charge in [-0.05, 0) is 25.7 Å². The molecule has 0 amide bonds. The number of carbonyl (C=O) groups is 1. The van der Waals surface area contributed by atoms with Crippen LogP contribution in [0, 0.1) is 0 Å².